The van der Waals surface area contributed by atoms with Crippen LogP contribution in [0, 0.1) is 12.8 Å². The van der Waals surface area contributed by atoms with Crippen molar-refractivity contribution in [3.63, 3.8) is 0 Å². The summed E-state index contributed by atoms with van der Waals surface area (Å²) in [5, 5.41) is 9.98. The van der Waals surface area contributed by atoms with E-state index in [2.05, 4.69) is 13.8 Å². The highest BCUT2D eigenvalue weighted by molar-refractivity contribution is 6.83. The van der Waals surface area contributed by atoms with E-state index >= 15 is 0 Å². The van der Waals surface area contributed by atoms with Crippen molar-refractivity contribution in [2.75, 3.05) is 0 Å². The zero-order chi connectivity index (χ0) is 15.0. The highest BCUT2D eigenvalue weighted by Crippen LogP contribution is 2.15. The lowest BCUT2D eigenvalue weighted by molar-refractivity contribution is -0.113. The van der Waals surface area contributed by atoms with Crippen LogP contribution in [0.5, 0.6) is 0 Å². The van der Waals surface area contributed by atoms with Crippen LogP contribution in [0.1, 0.15) is 57.1 Å². The first kappa shape index (κ1) is 17.0. The number of hydrogen-bond donors (Lipinski definition) is 1. The smallest absolute Gasteiger partial charge is 0.370 e. The monoisotopic (exact) mass is 274 g/mol. The number of carbonyl (C=O) groups excluding carboxylic acids is 1. The lowest BCUT2D eigenvalue weighted by Crippen LogP contribution is -2.29. The van der Waals surface area contributed by atoms with Gasteiger partial charge in [-0.05, 0) is 25.6 Å². The zero-order valence-corrected chi connectivity index (χ0v) is 13.1. The molecule has 0 saturated heterocycles. The molecule has 1 aromatic carbocycles. The molecule has 1 unspecified atom stereocenters. The van der Waals surface area contributed by atoms with E-state index in [1.165, 1.54) is 24.8 Å². The van der Waals surface area contributed by atoms with E-state index in [1.54, 1.807) is 0 Å². The second-order valence-electron chi connectivity index (χ2n) is 5.96. The predicted molar refractivity (Wildman–Crippen MR) is 85.8 cm³/mol. The van der Waals surface area contributed by atoms with Gasteiger partial charge in [-0.25, -0.2) is 0 Å². The van der Waals surface area contributed by atoms with Gasteiger partial charge in [-0.15, -0.1) is 0 Å². The fourth-order valence-corrected chi connectivity index (χ4v) is 2.31. The average Bonchev–Trinajstić information content (AvgIpc) is 2.44. The van der Waals surface area contributed by atoms with E-state index in [1.807, 2.05) is 31.2 Å². The molecule has 1 aromatic rings. The van der Waals surface area contributed by atoms with Gasteiger partial charge in [0.15, 0.2) is 0 Å². The Labute approximate surface area is 123 Å². The molecule has 1 N–H and O–H groups in total. The SMILES string of the molecule is CCCCC(C)CCC(=O)B(O)Cc1ccc(C)cc1. The van der Waals surface area contributed by atoms with Crippen molar-refractivity contribution in [1.29, 1.82) is 0 Å². The molecule has 0 bridgehead atoms. The Balaban J connectivity index is 2.33. The molecule has 0 aliphatic carbocycles. The Morgan fingerprint density at radius 1 is 1.25 bits per heavy atom. The molecule has 20 heavy (non-hydrogen) atoms. The van der Waals surface area contributed by atoms with E-state index in [-0.39, 0.29) is 5.68 Å². The molecular formula is C17H27BO2. The van der Waals surface area contributed by atoms with Gasteiger partial charge in [0.05, 0.1) is 0 Å². The van der Waals surface area contributed by atoms with Crippen molar-refractivity contribution in [2.45, 2.75) is 59.2 Å². The first-order valence-corrected chi connectivity index (χ1v) is 7.79. The molecule has 0 fully saturated rings. The van der Waals surface area contributed by atoms with E-state index in [0.717, 1.165) is 12.0 Å². The summed E-state index contributed by atoms with van der Waals surface area (Å²) in [7, 11) is 0. The third-order valence-electron chi connectivity index (χ3n) is 3.86. The van der Waals surface area contributed by atoms with Crippen LogP contribution in [0.2, 0.25) is 0 Å². The number of unbranched alkanes of at least 4 members (excludes halogenated alkanes) is 1. The number of benzene rings is 1. The van der Waals surface area contributed by atoms with Crippen LogP contribution in [0.4, 0.5) is 0 Å². The van der Waals surface area contributed by atoms with Crippen LogP contribution >= 0.6 is 0 Å². The van der Waals surface area contributed by atoms with Gasteiger partial charge < -0.3 is 9.82 Å². The topological polar surface area (TPSA) is 37.3 Å². The van der Waals surface area contributed by atoms with Gasteiger partial charge in [-0.1, -0.05) is 68.5 Å². The van der Waals surface area contributed by atoms with E-state index < -0.39 is 6.92 Å². The number of aryl methyl sites for hydroxylation is 1. The summed E-state index contributed by atoms with van der Waals surface area (Å²) in [5.74, 6) is 0.575. The second-order valence-corrected chi connectivity index (χ2v) is 5.96. The van der Waals surface area contributed by atoms with Gasteiger partial charge >= 0.3 is 6.92 Å². The van der Waals surface area contributed by atoms with Crippen molar-refractivity contribution < 1.29 is 9.82 Å². The van der Waals surface area contributed by atoms with E-state index in [9.17, 15) is 9.82 Å². The minimum Gasteiger partial charge on any atom is -0.444 e. The molecule has 0 saturated carbocycles. The largest absolute Gasteiger partial charge is 0.444 e. The normalized spacial score (nSPS) is 12.2. The highest BCUT2D eigenvalue weighted by atomic mass is 16.2. The fraction of sp³-hybridized carbons (Fsp3) is 0.588. The summed E-state index contributed by atoms with van der Waals surface area (Å²) in [6.45, 7) is 5.55. The van der Waals surface area contributed by atoms with Gasteiger partial charge in [0, 0.05) is 6.42 Å². The molecule has 0 aliphatic rings. The third kappa shape index (κ3) is 6.38. The molecule has 0 spiro atoms. The van der Waals surface area contributed by atoms with Crippen molar-refractivity contribution in [3.05, 3.63) is 35.4 Å². The molecule has 2 nitrogen and oxygen atoms in total. The number of carbonyl (C=O) groups is 1. The molecule has 0 amide bonds. The van der Waals surface area contributed by atoms with Crippen LogP contribution < -0.4 is 0 Å². The lowest BCUT2D eigenvalue weighted by atomic mass is 9.58. The van der Waals surface area contributed by atoms with Crippen molar-refractivity contribution in [3.8, 4) is 0 Å². The van der Waals surface area contributed by atoms with Gasteiger partial charge in [0.2, 0.25) is 0 Å². The third-order valence-corrected chi connectivity index (χ3v) is 3.86. The van der Waals surface area contributed by atoms with Crippen LogP contribution in [0.25, 0.3) is 0 Å². The maximum Gasteiger partial charge on any atom is 0.370 e. The molecule has 0 radical (unpaired) electrons. The van der Waals surface area contributed by atoms with Gasteiger partial charge in [0.1, 0.15) is 5.68 Å². The molecule has 110 valence electrons. The Morgan fingerprint density at radius 2 is 1.90 bits per heavy atom. The van der Waals surface area contributed by atoms with Gasteiger partial charge in [0.25, 0.3) is 0 Å². The minimum absolute atomic E-state index is 0.0195. The maximum atomic E-state index is 11.9. The fourth-order valence-electron chi connectivity index (χ4n) is 2.31. The van der Waals surface area contributed by atoms with Crippen molar-refractivity contribution in [2.24, 2.45) is 5.92 Å². The number of rotatable bonds is 9. The number of hydrogen-bond acceptors (Lipinski definition) is 2. The maximum absolute atomic E-state index is 11.9. The van der Waals surface area contributed by atoms with Crippen LogP contribution in [-0.4, -0.2) is 17.6 Å². The Bertz CT molecular complexity index is 400. The van der Waals surface area contributed by atoms with Crippen molar-refractivity contribution in [1.82, 2.24) is 0 Å². The van der Waals surface area contributed by atoms with Crippen LogP contribution in [0.15, 0.2) is 24.3 Å². The van der Waals surface area contributed by atoms with Crippen LogP contribution in [0.3, 0.4) is 0 Å². The van der Waals surface area contributed by atoms with E-state index in [0.29, 0.717) is 18.7 Å². The summed E-state index contributed by atoms with van der Waals surface area (Å²) in [6.07, 6.45) is 5.43. The Morgan fingerprint density at radius 3 is 2.50 bits per heavy atom. The molecule has 0 heterocycles. The summed E-state index contributed by atoms with van der Waals surface area (Å²) in [6, 6.07) is 7.99. The minimum atomic E-state index is -0.851. The standard InChI is InChI=1S/C17H27BO2/c1-4-5-6-14(2)9-12-17(19)18(20)13-16-10-7-15(3)8-11-16/h7-8,10-11,14,20H,4-6,9,12-13H2,1-3H3. The summed E-state index contributed by atoms with van der Waals surface area (Å²) < 4.78 is 0. The molecular weight excluding hydrogens is 247 g/mol. The summed E-state index contributed by atoms with van der Waals surface area (Å²) in [5.41, 5.74) is 2.20. The lowest BCUT2D eigenvalue weighted by Gasteiger charge is -2.11. The highest BCUT2D eigenvalue weighted by Gasteiger charge is 2.22. The molecule has 1 rings (SSSR count). The van der Waals surface area contributed by atoms with Crippen LogP contribution in [-0.2, 0) is 11.1 Å². The van der Waals surface area contributed by atoms with Gasteiger partial charge in [-0.2, -0.15) is 0 Å². The van der Waals surface area contributed by atoms with Gasteiger partial charge in [-0.3, -0.25) is 0 Å². The molecule has 3 heteroatoms. The summed E-state index contributed by atoms with van der Waals surface area (Å²) in [4.78, 5) is 11.9. The Hall–Kier alpha value is -1.09. The zero-order valence-electron chi connectivity index (χ0n) is 13.1. The predicted octanol–water partition coefficient (Wildman–Crippen LogP) is 3.78. The molecule has 0 aromatic heterocycles. The quantitative estimate of drug-likeness (QED) is 0.696. The average molecular weight is 274 g/mol. The Kier molecular flexibility index (Phi) is 7.60. The summed E-state index contributed by atoms with van der Waals surface area (Å²) >= 11 is 0. The molecule has 1 atom stereocenters. The second kappa shape index (κ2) is 8.96. The van der Waals surface area contributed by atoms with Crippen molar-refractivity contribution >= 4 is 12.6 Å². The van der Waals surface area contributed by atoms with E-state index in [4.69, 9.17) is 0 Å². The first-order chi connectivity index (χ1) is 9.52. The molecule has 0 aliphatic heterocycles. The first-order valence-electron chi connectivity index (χ1n) is 7.79.